The van der Waals surface area contributed by atoms with Crippen LogP contribution in [-0.2, 0) is 6.54 Å². The molecule has 1 saturated heterocycles. The standard InChI is InChI=1S/C21H28N4O/c1-3-11-25-17-20(18(2)22-25)21(26)24-15-13-23(14-16-24)12-7-10-19-8-5-4-6-9-19/h4-10,17H,3,11-16H2,1-2H3/b10-7+. The molecule has 2 heterocycles. The van der Waals surface area contributed by atoms with E-state index < -0.39 is 0 Å². The molecule has 3 rings (SSSR count). The topological polar surface area (TPSA) is 41.4 Å². The third kappa shape index (κ3) is 4.61. The molecule has 2 aromatic rings. The first-order chi connectivity index (χ1) is 12.7. The van der Waals surface area contributed by atoms with Gasteiger partial charge in [0, 0.05) is 45.5 Å². The second-order valence-electron chi connectivity index (χ2n) is 6.80. The molecular formula is C21H28N4O. The minimum absolute atomic E-state index is 0.115. The summed E-state index contributed by atoms with van der Waals surface area (Å²) in [6.07, 6.45) is 7.27. The van der Waals surface area contributed by atoms with Gasteiger partial charge in [0.2, 0.25) is 0 Å². The fourth-order valence-corrected chi connectivity index (χ4v) is 3.28. The summed E-state index contributed by atoms with van der Waals surface area (Å²) in [5.41, 5.74) is 2.80. The van der Waals surface area contributed by atoms with Gasteiger partial charge in [-0.3, -0.25) is 14.4 Å². The quantitative estimate of drug-likeness (QED) is 0.802. The summed E-state index contributed by atoms with van der Waals surface area (Å²) in [6.45, 7) is 9.18. The van der Waals surface area contributed by atoms with Crippen molar-refractivity contribution in [1.82, 2.24) is 19.6 Å². The van der Waals surface area contributed by atoms with Crippen molar-refractivity contribution in [2.24, 2.45) is 0 Å². The molecule has 1 aliphatic rings. The molecule has 0 spiro atoms. The Morgan fingerprint density at radius 3 is 2.58 bits per heavy atom. The van der Waals surface area contributed by atoms with Gasteiger partial charge in [0.25, 0.3) is 5.91 Å². The number of nitrogens with zero attached hydrogens (tertiary/aromatic N) is 4. The molecular weight excluding hydrogens is 324 g/mol. The molecule has 0 unspecified atom stereocenters. The smallest absolute Gasteiger partial charge is 0.257 e. The third-order valence-electron chi connectivity index (χ3n) is 4.76. The summed E-state index contributed by atoms with van der Waals surface area (Å²) in [4.78, 5) is 17.1. The van der Waals surface area contributed by atoms with E-state index in [0.717, 1.165) is 56.9 Å². The average Bonchev–Trinajstić information content (AvgIpc) is 3.03. The van der Waals surface area contributed by atoms with Crippen LogP contribution in [0.2, 0.25) is 0 Å². The van der Waals surface area contributed by atoms with Gasteiger partial charge in [0.05, 0.1) is 11.3 Å². The molecule has 26 heavy (non-hydrogen) atoms. The fourth-order valence-electron chi connectivity index (χ4n) is 3.28. The number of aryl methyl sites for hydroxylation is 2. The van der Waals surface area contributed by atoms with Gasteiger partial charge in [-0.1, -0.05) is 49.4 Å². The summed E-state index contributed by atoms with van der Waals surface area (Å²) in [6, 6.07) is 10.3. The first kappa shape index (κ1) is 18.4. The van der Waals surface area contributed by atoms with E-state index in [0.29, 0.717) is 0 Å². The van der Waals surface area contributed by atoms with Crippen molar-refractivity contribution in [2.45, 2.75) is 26.8 Å². The van der Waals surface area contributed by atoms with Crippen LogP contribution in [0, 0.1) is 6.92 Å². The maximum absolute atomic E-state index is 12.8. The molecule has 138 valence electrons. The van der Waals surface area contributed by atoms with Crippen LogP contribution in [0.3, 0.4) is 0 Å². The van der Waals surface area contributed by atoms with Crippen LogP contribution in [0.15, 0.2) is 42.6 Å². The number of aromatic nitrogens is 2. The number of hydrogen-bond acceptors (Lipinski definition) is 3. The Bertz CT molecular complexity index is 743. The summed E-state index contributed by atoms with van der Waals surface area (Å²) in [5.74, 6) is 0.115. The largest absolute Gasteiger partial charge is 0.336 e. The molecule has 5 heteroatoms. The second kappa shape index (κ2) is 8.81. The van der Waals surface area contributed by atoms with Crippen molar-refractivity contribution in [3.8, 4) is 0 Å². The molecule has 0 atom stereocenters. The minimum atomic E-state index is 0.115. The third-order valence-corrected chi connectivity index (χ3v) is 4.76. The predicted molar refractivity (Wildman–Crippen MR) is 105 cm³/mol. The van der Waals surface area contributed by atoms with E-state index in [2.05, 4.69) is 53.3 Å². The highest BCUT2D eigenvalue weighted by atomic mass is 16.2. The Hall–Kier alpha value is -2.40. The van der Waals surface area contributed by atoms with Gasteiger partial charge in [0.1, 0.15) is 0 Å². The fraction of sp³-hybridized carbons (Fsp3) is 0.429. The van der Waals surface area contributed by atoms with Gasteiger partial charge in [-0.25, -0.2) is 0 Å². The number of carbonyl (C=O) groups excluding carboxylic acids is 1. The highest BCUT2D eigenvalue weighted by molar-refractivity contribution is 5.95. The van der Waals surface area contributed by atoms with E-state index in [-0.39, 0.29) is 5.91 Å². The monoisotopic (exact) mass is 352 g/mol. The van der Waals surface area contributed by atoms with E-state index >= 15 is 0 Å². The van der Waals surface area contributed by atoms with Crippen molar-refractivity contribution in [3.63, 3.8) is 0 Å². The Morgan fingerprint density at radius 2 is 1.88 bits per heavy atom. The van der Waals surface area contributed by atoms with Crippen LogP contribution < -0.4 is 0 Å². The maximum atomic E-state index is 12.8. The van der Waals surface area contributed by atoms with Crippen LogP contribution in [0.4, 0.5) is 0 Å². The second-order valence-corrected chi connectivity index (χ2v) is 6.80. The van der Waals surface area contributed by atoms with Crippen LogP contribution in [0.25, 0.3) is 6.08 Å². The van der Waals surface area contributed by atoms with E-state index in [4.69, 9.17) is 0 Å². The van der Waals surface area contributed by atoms with Crippen LogP contribution in [-0.4, -0.2) is 58.2 Å². The lowest BCUT2D eigenvalue weighted by Gasteiger charge is -2.34. The SMILES string of the molecule is CCCn1cc(C(=O)N2CCN(C/C=C/c3ccccc3)CC2)c(C)n1. The number of carbonyl (C=O) groups is 1. The molecule has 1 aliphatic heterocycles. The molecule has 1 aromatic heterocycles. The lowest BCUT2D eigenvalue weighted by atomic mass is 10.2. The predicted octanol–water partition coefficient (Wildman–Crippen LogP) is 3.07. The van der Waals surface area contributed by atoms with Crippen molar-refractivity contribution in [2.75, 3.05) is 32.7 Å². The van der Waals surface area contributed by atoms with Gasteiger partial charge in [-0.15, -0.1) is 0 Å². The number of hydrogen-bond donors (Lipinski definition) is 0. The molecule has 0 N–H and O–H groups in total. The number of benzene rings is 1. The summed E-state index contributed by atoms with van der Waals surface area (Å²) < 4.78 is 1.88. The minimum Gasteiger partial charge on any atom is -0.336 e. The van der Waals surface area contributed by atoms with Crippen LogP contribution >= 0.6 is 0 Å². The van der Waals surface area contributed by atoms with Crippen LogP contribution in [0.5, 0.6) is 0 Å². The normalized spacial score (nSPS) is 15.7. The van der Waals surface area contributed by atoms with Gasteiger partial charge in [-0.2, -0.15) is 5.10 Å². The zero-order valence-corrected chi connectivity index (χ0v) is 15.8. The lowest BCUT2D eigenvalue weighted by Crippen LogP contribution is -2.48. The van der Waals surface area contributed by atoms with Crippen molar-refractivity contribution >= 4 is 12.0 Å². The Labute approximate surface area is 155 Å². The van der Waals surface area contributed by atoms with E-state index in [9.17, 15) is 4.79 Å². The highest BCUT2D eigenvalue weighted by Gasteiger charge is 2.24. The lowest BCUT2D eigenvalue weighted by molar-refractivity contribution is 0.0649. The van der Waals surface area contributed by atoms with Gasteiger partial charge >= 0.3 is 0 Å². The molecule has 5 nitrogen and oxygen atoms in total. The zero-order chi connectivity index (χ0) is 18.4. The van der Waals surface area contributed by atoms with Gasteiger partial charge < -0.3 is 4.90 Å². The van der Waals surface area contributed by atoms with Gasteiger partial charge in [0.15, 0.2) is 0 Å². The Morgan fingerprint density at radius 1 is 1.15 bits per heavy atom. The summed E-state index contributed by atoms with van der Waals surface area (Å²) >= 11 is 0. The summed E-state index contributed by atoms with van der Waals surface area (Å²) in [7, 11) is 0. The zero-order valence-electron chi connectivity index (χ0n) is 15.8. The Kier molecular flexibility index (Phi) is 6.23. The van der Waals surface area contributed by atoms with Crippen molar-refractivity contribution < 1.29 is 4.79 Å². The molecule has 0 aliphatic carbocycles. The molecule has 0 radical (unpaired) electrons. The van der Waals surface area contributed by atoms with E-state index in [1.54, 1.807) is 0 Å². The Balaban J connectivity index is 1.50. The number of rotatable bonds is 6. The molecule has 0 bridgehead atoms. The highest BCUT2D eigenvalue weighted by Crippen LogP contribution is 2.13. The van der Waals surface area contributed by atoms with E-state index in [1.165, 1.54) is 5.56 Å². The van der Waals surface area contributed by atoms with Crippen molar-refractivity contribution in [1.29, 1.82) is 0 Å². The van der Waals surface area contributed by atoms with Crippen molar-refractivity contribution in [3.05, 3.63) is 59.4 Å². The van der Waals surface area contributed by atoms with Crippen LogP contribution in [0.1, 0.15) is 35.0 Å². The first-order valence-electron chi connectivity index (χ1n) is 9.44. The molecule has 1 fully saturated rings. The molecule has 0 saturated carbocycles. The number of piperazine rings is 1. The molecule has 1 aromatic carbocycles. The molecule has 1 amide bonds. The van der Waals surface area contributed by atoms with E-state index in [1.807, 2.05) is 28.8 Å². The number of amides is 1. The van der Waals surface area contributed by atoms with Gasteiger partial charge in [-0.05, 0) is 18.9 Å². The maximum Gasteiger partial charge on any atom is 0.257 e. The summed E-state index contributed by atoms with van der Waals surface area (Å²) in [5, 5.41) is 4.45. The first-order valence-corrected chi connectivity index (χ1v) is 9.44. The average molecular weight is 352 g/mol.